The quantitative estimate of drug-likeness (QED) is 0.895. The molecule has 0 aliphatic heterocycles. The van der Waals surface area contributed by atoms with Gasteiger partial charge < -0.3 is 5.11 Å². The van der Waals surface area contributed by atoms with Crippen LogP contribution in [0.4, 0.5) is 0 Å². The first-order valence-corrected chi connectivity index (χ1v) is 6.34. The molecule has 0 saturated carbocycles. The highest BCUT2D eigenvalue weighted by atomic mass is 16.3. The predicted molar refractivity (Wildman–Crippen MR) is 72.1 cm³/mol. The highest BCUT2D eigenvalue weighted by Gasteiger charge is 2.05. The van der Waals surface area contributed by atoms with Crippen molar-refractivity contribution in [3.8, 4) is 11.1 Å². The summed E-state index contributed by atoms with van der Waals surface area (Å²) in [6, 6.07) is 7.91. The van der Waals surface area contributed by atoms with Gasteiger partial charge in [0.25, 0.3) is 0 Å². The van der Waals surface area contributed by atoms with E-state index < -0.39 is 0 Å². The van der Waals surface area contributed by atoms with Crippen molar-refractivity contribution in [1.82, 2.24) is 9.97 Å². The Morgan fingerprint density at radius 3 is 2.11 bits per heavy atom. The van der Waals surface area contributed by atoms with E-state index in [1.807, 2.05) is 50.5 Å². The largest absolute Gasteiger partial charge is 0.388 e. The average molecular weight is 242 g/mol. The van der Waals surface area contributed by atoms with Gasteiger partial charge in [-0.2, -0.15) is 0 Å². The van der Waals surface area contributed by atoms with Crippen LogP contribution in [-0.2, 0) is 6.42 Å². The number of rotatable bonds is 4. The summed E-state index contributed by atoms with van der Waals surface area (Å²) >= 11 is 0. The number of aliphatic hydroxyl groups is 1. The molecule has 1 unspecified atom stereocenters. The van der Waals surface area contributed by atoms with Crippen LogP contribution in [0.2, 0.25) is 0 Å². The molecule has 2 rings (SSSR count). The van der Waals surface area contributed by atoms with Gasteiger partial charge >= 0.3 is 0 Å². The monoisotopic (exact) mass is 242 g/mol. The lowest BCUT2D eigenvalue weighted by Gasteiger charge is -2.09. The Hall–Kier alpha value is -1.74. The van der Waals surface area contributed by atoms with Gasteiger partial charge in [0.1, 0.15) is 5.82 Å². The fourth-order valence-corrected chi connectivity index (χ4v) is 1.82. The second kappa shape index (κ2) is 5.74. The molecule has 1 N–H and O–H groups in total. The van der Waals surface area contributed by atoms with Crippen molar-refractivity contribution in [2.75, 3.05) is 0 Å². The van der Waals surface area contributed by atoms with Gasteiger partial charge in [-0.1, -0.05) is 38.1 Å². The van der Waals surface area contributed by atoms with Crippen LogP contribution < -0.4 is 0 Å². The molecule has 1 aromatic carbocycles. The maximum Gasteiger partial charge on any atom is 0.127 e. The van der Waals surface area contributed by atoms with Gasteiger partial charge in [0.05, 0.1) is 6.10 Å². The van der Waals surface area contributed by atoms with Crippen LogP contribution in [0.3, 0.4) is 0 Å². The molecule has 1 atom stereocenters. The van der Waals surface area contributed by atoms with Crippen LogP contribution in [0, 0.1) is 0 Å². The molecule has 3 heteroatoms. The van der Waals surface area contributed by atoms with Gasteiger partial charge in [0.2, 0.25) is 0 Å². The molecule has 0 fully saturated rings. The van der Waals surface area contributed by atoms with E-state index in [0.717, 1.165) is 35.4 Å². The van der Waals surface area contributed by atoms with Crippen molar-refractivity contribution in [2.45, 2.75) is 32.8 Å². The minimum absolute atomic E-state index is 0.377. The summed E-state index contributed by atoms with van der Waals surface area (Å²) in [4.78, 5) is 8.57. The Morgan fingerprint density at radius 2 is 1.61 bits per heavy atom. The third-order valence-electron chi connectivity index (χ3n) is 3.04. The van der Waals surface area contributed by atoms with Gasteiger partial charge in [-0.15, -0.1) is 0 Å². The molecule has 1 aromatic heterocycles. The molecule has 1 heterocycles. The van der Waals surface area contributed by atoms with Gasteiger partial charge in [-0.25, -0.2) is 9.97 Å². The maximum absolute atomic E-state index is 9.73. The fraction of sp³-hybridized carbons (Fsp3) is 0.333. The fourth-order valence-electron chi connectivity index (χ4n) is 1.82. The van der Waals surface area contributed by atoms with Gasteiger partial charge in [-0.05, 0) is 17.5 Å². The average Bonchev–Trinajstić information content (AvgIpc) is 2.47. The highest BCUT2D eigenvalue weighted by molar-refractivity contribution is 5.61. The van der Waals surface area contributed by atoms with Crippen LogP contribution >= 0.6 is 0 Å². The van der Waals surface area contributed by atoms with Crippen molar-refractivity contribution in [1.29, 1.82) is 0 Å². The van der Waals surface area contributed by atoms with E-state index >= 15 is 0 Å². The summed E-state index contributed by atoms with van der Waals surface area (Å²) in [5.74, 6) is 0.858. The van der Waals surface area contributed by atoms with Crippen LogP contribution in [0.15, 0.2) is 36.7 Å². The molecule has 0 amide bonds. The van der Waals surface area contributed by atoms with E-state index in [-0.39, 0.29) is 6.10 Å². The van der Waals surface area contributed by atoms with Crippen LogP contribution in [0.25, 0.3) is 11.1 Å². The van der Waals surface area contributed by atoms with Crippen LogP contribution in [0.5, 0.6) is 0 Å². The zero-order valence-electron chi connectivity index (χ0n) is 10.8. The zero-order valence-corrected chi connectivity index (χ0v) is 10.8. The summed E-state index contributed by atoms with van der Waals surface area (Å²) in [6.07, 6.45) is 4.89. The number of aliphatic hydroxyl groups excluding tert-OH is 1. The van der Waals surface area contributed by atoms with E-state index in [1.54, 1.807) is 0 Å². The van der Waals surface area contributed by atoms with Crippen molar-refractivity contribution in [3.05, 3.63) is 48.0 Å². The normalized spacial score (nSPS) is 12.4. The van der Waals surface area contributed by atoms with Crippen molar-refractivity contribution in [3.63, 3.8) is 0 Å². The summed E-state index contributed by atoms with van der Waals surface area (Å²) in [5.41, 5.74) is 3.03. The third-order valence-corrected chi connectivity index (χ3v) is 3.04. The molecule has 2 aromatic rings. The molecule has 0 saturated heterocycles. The minimum atomic E-state index is -0.377. The lowest BCUT2D eigenvalue weighted by Crippen LogP contribution is -1.95. The molecule has 18 heavy (non-hydrogen) atoms. The summed E-state index contributed by atoms with van der Waals surface area (Å²) in [7, 11) is 0. The number of aromatic nitrogens is 2. The summed E-state index contributed by atoms with van der Waals surface area (Å²) in [6.45, 7) is 4.01. The molecule has 0 spiro atoms. The highest BCUT2D eigenvalue weighted by Crippen LogP contribution is 2.22. The van der Waals surface area contributed by atoms with Crippen LogP contribution in [-0.4, -0.2) is 15.1 Å². The number of hydrogen-bond acceptors (Lipinski definition) is 3. The smallest absolute Gasteiger partial charge is 0.127 e. The van der Waals surface area contributed by atoms with E-state index in [0.29, 0.717) is 0 Å². The van der Waals surface area contributed by atoms with E-state index in [4.69, 9.17) is 0 Å². The summed E-state index contributed by atoms with van der Waals surface area (Å²) < 4.78 is 0. The number of aryl methyl sites for hydroxylation is 1. The van der Waals surface area contributed by atoms with Crippen molar-refractivity contribution < 1.29 is 5.11 Å². The van der Waals surface area contributed by atoms with Crippen molar-refractivity contribution in [2.24, 2.45) is 0 Å². The Balaban J connectivity index is 2.22. The lowest BCUT2D eigenvalue weighted by molar-refractivity contribution is 0.173. The SMILES string of the molecule is CCc1ncc(-c2ccc(C(O)CC)cc2)cn1. The Labute approximate surface area is 108 Å². The Morgan fingerprint density at radius 1 is 1.00 bits per heavy atom. The second-order valence-corrected chi connectivity index (χ2v) is 4.29. The first-order chi connectivity index (χ1) is 8.74. The predicted octanol–water partition coefficient (Wildman–Crippen LogP) is 3.15. The standard InChI is InChI=1S/C15H18N2O/c1-3-14(18)12-7-5-11(6-8-12)13-9-16-15(4-2)17-10-13/h5-10,14,18H,3-4H2,1-2H3. The van der Waals surface area contributed by atoms with E-state index in [2.05, 4.69) is 9.97 Å². The van der Waals surface area contributed by atoms with Gasteiger partial charge in [0.15, 0.2) is 0 Å². The number of hydrogen-bond donors (Lipinski definition) is 1. The van der Waals surface area contributed by atoms with E-state index in [1.165, 1.54) is 0 Å². The summed E-state index contributed by atoms with van der Waals surface area (Å²) in [5, 5.41) is 9.73. The molecule has 0 aliphatic carbocycles. The molecule has 0 bridgehead atoms. The number of benzene rings is 1. The molecule has 0 radical (unpaired) electrons. The maximum atomic E-state index is 9.73. The third kappa shape index (κ3) is 2.74. The molecule has 94 valence electrons. The first kappa shape index (κ1) is 12.7. The molecular formula is C15H18N2O. The second-order valence-electron chi connectivity index (χ2n) is 4.29. The Kier molecular flexibility index (Phi) is 4.05. The topological polar surface area (TPSA) is 46.0 Å². The van der Waals surface area contributed by atoms with Crippen molar-refractivity contribution >= 4 is 0 Å². The number of nitrogens with zero attached hydrogens (tertiary/aromatic N) is 2. The van der Waals surface area contributed by atoms with Gasteiger partial charge in [-0.3, -0.25) is 0 Å². The lowest BCUT2D eigenvalue weighted by atomic mass is 10.0. The van der Waals surface area contributed by atoms with Crippen LogP contribution in [0.1, 0.15) is 37.8 Å². The molecule has 0 aliphatic rings. The Bertz CT molecular complexity index is 491. The molecular weight excluding hydrogens is 224 g/mol. The van der Waals surface area contributed by atoms with E-state index in [9.17, 15) is 5.11 Å². The first-order valence-electron chi connectivity index (χ1n) is 6.34. The van der Waals surface area contributed by atoms with Gasteiger partial charge in [0, 0.05) is 24.4 Å². The minimum Gasteiger partial charge on any atom is -0.388 e. The zero-order chi connectivity index (χ0) is 13.0. The molecule has 3 nitrogen and oxygen atoms in total.